The quantitative estimate of drug-likeness (QED) is 0.573. The number of nitrogens with zero attached hydrogens (tertiary/aromatic N) is 1. The van der Waals surface area contributed by atoms with E-state index in [0.29, 0.717) is 26.8 Å². The lowest BCUT2D eigenvalue weighted by Gasteiger charge is -2.19. The summed E-state index contributed by atoms with van der Waals surface area (Å²) in [5.74, 6) is -0.369. The maximum Gasteiger partial charge on any atom is 0.352 e. The maximum atomic E-state index is 12.7. The smallest absolute Gasteiger partial charge is 0.352 e. The van der Waals surface area contributed by atoms with Crippen molar-refractivity contribution in [3.8, 4) is 0 Å². The van der Waals surface area contributed by atoms with E-state index in [0.717, 1.165) is 16.9 Å². The van der Waals surface area contributed by atoms with E-state index in [1.807, 2.05) is 19.1 Å². The topological polar surface area (TPSA) is 60.3 Å². The monoisotopic (exact) mass is 392 g/mol. The van der Waals surface area contributed by atoms with Gasteiger partial charge in [-0.15, -0.1) is 0 Å². The Bertz CT molecular complexity index is 858. The van der Waals surface area contributed by atoms with Gasteiger partial charge < -0.3 is 14.6 Å². The van der Waals surface area contributed by atoms with Crippen LogP contribution in [0.5, 0.6) is 0 Å². The van der Waals surface area contributed by atoms with Gasteiger partial charge in [-0.25, -0.2) is 4.79 Å². The second kappa shape index (κ2) is 8.14. The number of hydrogen-bond acceptors (Lipinski definition) is 5. The fourth-order valence-corrected chi connectivity index (χ4v) is 3.83. The van der Waals surface area contributed by atoms with E-state index in [2.05, 4.69) is 26.1 Å². The van der Waals surface area contributed by atoms with Crippen LogP contribution in [0.2, 0.25) is 0 Å². The predicted octanol–water partition coefficient (Wildman–Crippen LogP) is 5.03. The molecule has 2 rings (SSSR count). The lowest BCUT2D eigenvalue weighted by molar-refractivity contribution is 0.0532. The Labute approximate surface area is 163 Å². The predicted molar refractivity (Wildman–Crippen MR) is 108 cm³/mol. The van der Waals surface area contributed by atoms with E-state index in [-0.39, 0.29) is 17.9 Å². The molecule has 0 radical (unpaired) electrons. The zero-order chi connectivity index (χ0) is 19.5. The van der Waals surface area contributed by atoms with Crippen LogP contribution in [-0.4, -0.2) is 23.1 Å². The van der Waals surface area contributed by atoms with Crippen LogP contribution in [0.15, 0.2) is 24.3 Å². The van der Waals surface area contributed by atoms with E-state index in [4.69, 9.17) is 17.0 Å². The van der Waals surface area contributed by atoms with Gasteiger partial charge in [0.05, 0.1) is 6.61 Å². The molecular formula is C19H24N2O3S2. The van der Waals surface area contributed by atoms with Gasteiger partial charge in [-0.2, -0.15) is 0 Å². The van der Waals surface area contributed by atoms with Gasteiger partial charge >= 0.3 is 5.97 Å². The van der Waals surface area contributed by atoms with Crippen LogP contribution >= 0.6 is 23.6 Å². The molecule has 0 saturated carbocycles. The van der Waals surface area contributed by atoms with Crippen LogP contribution in [0.25, 0.3) is 0 Å². The second-order valence-electron chi connectivity index (χ2n) is 6.79. The second-order valence-corrected chi connectivity index (χ2v) is 8.44. The first-order valence-corrected chi connectivity index (χ1v) is 9.74. The zero-order valence-corrected chi connectivity index (χ0v) is 17.3. The minimum absolute atomic E-state index is 0.0158. The number of esters is 1. The van der Waals surface area contributed by atoms with Gasteiger partial charge in [0.25, 0.3) is 5.91 Å². The SMILES string of the molecule is CCOC(=O)c1sc(=S)n(CC)c1NC(=O)c1ccc(C(C)(C)C)cc1. The number of benzene rings is 1. The molecule has 0 bridgehead atoms. The number of amides is 1. The largest absolute Gasteiger partial charge is 0.462 e. The molecule has 1 amide bonds. The van der Waals surface area contributed by atoms with Gasteiger partial charge in [-0.05, 0) is 49.2 Å². The number of hydrogen-bond donors (Lipinski definition) is 1. The number of rotatable bonds is 5. The molecule has 0 spiro atoms. The lowest BCUT2D eigenvalue weighted by atomic mass is 9.87. The van der Waals surface area contributed by atoms with Gasteiger partial charge in [0, 0.05) is 12.1 Å². The summed E-state index contributed by atoms with van der Waals surface area (Å²) in [6.45, 7) is 10.8. The molecule has 0 aliphatic heterocycles. The molecule has 0 aliphatic carbocycles. The van der Waals surface area contributed by atoms with Crippen LogP contribution in [-0.2, 0) is 16.7 Å². The maximum absolute atomic E-state index is 12.7. The van der Waals surface area contributed by atoms with Crippen LogP contribution in [0, 0.1) is 3.95 Å². The highest BCUT2D eigenvalue weighted by molar-refractivity contribution is 7.73. The zero-order valence-electron chi connectivity index (χ0n) is 15.7. The summed E-state index contributed by atoms with van der Waals surface area (Å²) >= 11 is 6.46. The highest BCUT2D eigenvalue weighted by atomic mass is 32.1. The van der Waals surface area contributed by atoms with Gasteiger partial charge in [0.2, 0.25) is 0 Å². The lowest BCUT2D eigenvalue weighted by Crippen LogP contribution is -2.18. The number of anilines is 1. The molecule has 5 nitrogen and oxygen atoms in total. The summed E-state index contributed by atoms with van der Waals surface area (Å²) in [6.07, 6.45) is 0. The Morgan fingerprint density at radius 2 is 1.81 bits per heavy atom. The molecule has 26 heavy (non-hydrogen) atoms. The Kier molecular flexibility index (Phi) is 6.36. The van der Waals surface area contributed by atoms with Crippen LogP contribution in [0.4, 0.5) is 5.82 Å². The molecule has 1 N–H and O–H groups in total. The van der Waals surface area contributed by atoms with Crippen molar-refractivity contribution in [1.29, 1.82) is 0 Å². The van der Waals surface area contributed by atoms with E-state index < -0.39 is 5.97 Å². The molecule has 0 unspecified atom stereocenters. The number of ether oxygens (including phenoxy) is 1. The fraction of sp³-hybridized carbons (Fsp3) is 0.421. The van der Waals surface area contributed by atoms with E-state index >= 15 is 0 Å². The molecule has 1 aromatic carbocycles. The number of nitrogens with one attached hydrogen (secondary N) is 1. The average molecular weight is 393 g/mol. The van der Waals surface area contributed by atoms with Crippen LogP contribution < -0.4 is 5.32 Å². The molecular weight excluding hydrogens is 368 g/mol. The third-order valence-electron chi connectivity index (χ3n) is 3.92. The minimum atomic E-state index is -0.478. The van der Waals surface area contributed by atoms with Crippen LogP contribution in [0.3, 0.4) is 0 Å². The number of thiazole rings is 1. The average Bonchev–Trinajstić information content (AvgIpc) is 2.90. The number of carbonyl (C=O) groups is 2. The van der Waals surface area contributed by atoms with Crippen molar-refractivity contribution < 1.29 is 14.3 Å². The number of aromatic nitrogens is 1. The summed E-state index contributed by atoms with van der Waals surface area (Å²) < 4.78 is 7.33. The molecule has 1 heterocycles. The van der Waals surface area contributed by atoms with Crippen molar-refractivity contribution in [2.75, 3.05) is 11.9 Å². The first-order valence-electron chi connectivity index (χ1n) is 8.51. The molecule has 0 aliphatic rings. The molecule has 0 atom stereocenters. The molecule has 2 aromatic rings. The van der Waals surface area contributed by atoms with Crippen molar-refractivity contribution in [1.82, 2.24) is 4.57 Å². The van der Waals surface area contributed by atoms with Gasteiger partial charge in [-0.3, -0.25) is 4.79 Å². The third kappa shape index (κ3) is 4.40. The van der Waals surface area contributed by atoms with E-state index in [1.165, 1.54) is 0 Å². The van der Waals surface area contributed by atoms with Crippen molar-refractivity contribution in [2.24, 2.45) is 0 Å². The Hall–Kier alpha value is -1.99. The molecule has 0 fully saturated rings. The van der Waals surface area contributed by atoms with Crippen molar-refractivity contribution in [2.45, 2.75) is 46.6 Å². The summed E-state index contributed by atoms with van der Waals surface area (Å²) in [5, 5.41) is 2.83. The summed E-state index contributed by atoms with van der Waals surface area (Å²) in [5.41, 5.74) is 1.68. The molecule has 1 aromatic heterocycles. The van der Waals surface area contributed by atoms with Gasteiger partial charge in [-0.1, -0.05) is 44.2 Å². The molecule has 0 saturated heterocycles. The first-order chi connectivity index (χ1) is 12.2. The normalized spacial score (nSPS) is 11.3. The third-order valence-corrected chi connectivity index (χ3v) is 5.35. The van der Waals surface area contributed by atoms with Crippen LogP contribution in [0.1, 0.15) is 60.2 Å². The highest BCUT2D eigenvalue weighted by Crippen LogP contribution is 2.27. The molecule has 140 valence electrons. The Morgan fingerprint density at radius 1 is 1.19 bits per heavy atom. The fourth-order valence-electron chi connectivity index (χ4n) is 2.45. The number of carbonyl (C=O) groups excluding carboxylic acids is 2. The van der Waals surface area contributed by atoms with Gasteiger partial charge in [0.1, 0.15) is 5.82 Å². The van der Waals surface area contributed by atoms with Gasteiger partial charge in [0.15, 0.2) is 8.83 Å². The Balaban J connectivity index is 2.34. The standard InChI is InChI=1S/C19H24N2O3S2/c1-6-21-15(14(26-18(21)25)17(23)24-7-2)20-16(22)12-8-10-13(11-9-12)19(3,4)5/h8-11H,6-7H2,1-5H3,(H,20,22). The highest BCUT2D eigenvalue weighted by Gasteiger charge is 2.22. The van der Waals surface area contributed by atoms with Crippen molar-refractivity contribution in [3.05, 3.63) is 44.2 Å². The van der Waals surface area contributed by atoms with E-state index in [9.17, 15) is 9.59 Å². The molecule has 7 heteroatoms. The van der Waals surface area contributed by atoms with E-state index in [1.54, 1.807) is 23.6 Å². The van der Waals surface area contributed by atoms with Crippen molar-refractivity contribution in [3.63, 3.8) is 0 Å². The summed E-state index contributed by atoms with van der Waals surface area (Å²) in [7, 11) is 0. The summed E-state index contributed by atoms with van der Waals surface area (Å²) in [6, 6.07) is 7.47. The Morgan fingerprint density at radius 3 is 2.31 bits per heavy atom. The first kappa shape index (κ1) is 20.3. The minimum Gasteiger partial charge on any atom is -0.462 e. The van der Waals surface area contributed by atoms with Crippen molar-refractivity contribution >= 4 is 41.2 Å². The summed E-state index contributed by atoms with van der Waals surface area (Å²) in [4.78, 5) is 25.2.